The molecule has 3 rings (SSSR count). The first kappa shape index (κ1) is 15.3. The molecule has 1 aromatic heterocycles. The van der Waals surface area contributed by atoms with E-state index >= 15 is 0 Å². The summed E-state index contributed by atoms with van der Waals surface area (Å²) in [5.41, 5.74) is 2.03. The van der Waals surface area contributed by atoms with E-state index in [1.165, 1.54) is 6.20 Å². The van der Waals surface area contributed by atoms with Gasteiger partial charge in [-0.3, -0.25) is 9.59 Å². The molecule has 1 amide bonds. The van der Waals surface area contributed by atoms with Crippen molar-refractivity contribution >= 4 is 34.2 Å². The van der Waals surface area contributed by atoms with E-state index in [0.29, 0.717) is 16.0 Å². The zero-order valence-electron chi connectivity index (χ0n) is 12.5. The number of Topliss-reactive ketones (excluding diaryl/α,β-unsaturated/α-hetero) is 1. The number of hydrogen-bond acceptors (Lipinski definition) is 2. The van der Waals surface area contributed by atoms with E-state index in [9.17, 15) is 9.59 Å². The number of amides is 1. The Labute approximate surface area is 138 Å². The van der Waals surface area contributed by atoms with Crippen LogP contribution in [0.2, 0.25) is 5.02 Å². The Morgan fingerprint density at radius 2 is 1.87 bits per heavy atom. The molecule has 0 bridgehead atoms. The third kappa shape index (κ3) is 3.12. The van der Waals surface area contributed by atoms with E-state index in [-0.39, 0.29) is 6.04 Å². The van der Waals surface area contributed by atoms with Gasteiger partial charge in [0.05, 0.1) is 11.6 Å². The molecule has 0 spiro atoms. The van der Waals surface area contributed by atoms with Crippen molar-refractivity contribution in [1.82, 2.24) is 10.3 Å². The molecule has 0 aliphatic rings. The second kappa shape index (κ2) is 6.26. The number of carbonyl (C=O) groups excluding carboxylic acids is 2. The summed E-state index contributed by atoms with van der Waals surface area (Å²) in [4.78, 5) is 27.6. The van der Waals surface area contributed by atoms with E-state index in [2.05, 4.69) is 10.3 Å². The van der Waals surface area contributed by atoms with E-state index in [0.717, 1.165) is 11.1 Å². The molecule has 0 radical (unpaired) electrons. The molecule has 5 heteroatoms. The average molecular weight is 327 g/mol. The predicted octanol–water partition coefficient (Wildman–Crippen LogP) is 3.88. The molecule has 1 heterocycles. The van der Waals surface area contributed by atoms with Gasteiger partial charge in [-0.25, -0.2) is 0 Å². The van der Waals surface area contributed by atoms with Gasteiger partial charge in [0.25, 0.3) is 11.7 Å². The molecule has 3 aromatic rings. The molecule has 116 valence electrons. The molecule has 0 aliphatic carbocycles. The van der Waals surface area contributed by atoms with E-state index in [4.69, 9.17) is 11.6 Å². The summed E-state index contributed by atoms with van der Waals surface area (Å²) < 4.78 is 0. The number of hydrogen-bond donors (Lipinski definition) is 2. The number of halogens is 1. The maximum Gasteiger partial charge on any atom is 0.292 e. The largest absolute Gasteiger partial charge is 0.360 e. The topological polar surface area (TPSA) is 62.0 Å². The minimum atomic E-state index is -0.637. The van der Waals surface area contributed by atoms with Crippen LogP contribution >= 0.6 is 11.6 Å². The summed E-state index contributed by atoms with van der Waals surface area (Å²) >= 11 is 5.97. The molecule has 2 aromatic carbocycles. The lowest BCUT2D eigenvalue weighted by atomic mass is 10.1. The minimum Gasteiger partial charge on any atom is -0.360 e. The quantitative estimate of drug-likeness (QED) is 0.564. The monoisotopic (exact) mass is 326 g/mol. The predicted molar refractivity (Wildman–Crippen MR) is 90.6 cm³/mol. The van der Waals surface area contributed by atoms with Crippen molar-refractivity contribution in [2.45, 2.75) is 13.0 Å². The highest BCUT2D eigenvalue weighted by atomic mass is 35.5. The maximum atomic E-state index is 12.4. The smallest absolute Gasteiger partial charge is 0.292 e. The second-order valence-electron chi connectivity index (χ2n) is 5.33. The molecular weight excluding hydrogens is 312 g/mol. The van der Waals surface area contributed by atoms with Gasteiger partial charge in [-0.05, 0) is 30.7 Å². The van der Waals surface area contributed by atoms with E-state index in [1.807, 2.05) is 37.3 Å². The zero-order valence-corrected chi connectivity index (χ0v) is 13.2. The summed E-state index contributed by atoms with van der Waals surface area (Å²) in [6.45, 7) is 1.84. The lowest BCUT2D eigenvalue weighted by molar-refractivity contribution is -0.117. The Morgan fingerprint density at radius 3 is 2.61 bits per heavy atom. The normalized spacial score (nSPS) is 12.1. The van der Waals surface area contributed by atoms with Crippen molar-refractivity contribution in [2.24, 2.45) is 0 Å². The molecule has 0 saturated carbocycles. The van der Waals surface area contributed by atoms with Gasteiger partial charge in [0.15, 0.2) is 0 Å². The molecular formula is C18H15ClN2O2. The van der Waals surface area contributed by atoms with Crippen LogP contribution in [0.5, 0.6) is 0 Å². The van der Waals surface area contributed by atoms with Crippen LogP contribution in [-0.2, 0) is 4.79 Å². The Kier molecular flexibility index (Phi) is 4.17. The zero-order chi connectivity index (χ0) is 16.4. The Bertz CT molecular complexity index is 871. The fourth-order valence-electron chi connectivity index (χ4n) is 2.49. The lowest BCUT2D eigenvalue weighted by Crippen LogP contribution is -2.33. The second-order valence-corrected chi connectivity index (χ2v) is 5.76. The lowest BCUT2D eigenvalue weighted by Gasteiger charge is -2.13. The number of fused-ring (bicyclic) bond motifs is 1. The van der Waals surface area contributed by atoms with Crippen LogP contribution in [0.1, 0.15) is 28.9 Å². The van der Waals surface area contributed by atoms with E-state index in [1.54, 1.807) is 18.2 Å². The van der Waals surface area contributed by atoms with E-state index < -0.39 is 11.7 Å². The number of aromatic nitrogens is 1. The highest BCUT2D eigenvalue weighted by Crippen LogP contribution is 2.23. The van der Waals surface area contributed by atoms with Crippen molar-refractivity contribution in [3.63, 3.8) is 0 Å². The van der Waals surface area contributed by atoms with Gasteiger partial charge in [0.2, 0.25) is 0 Å². The van der Waals surface area contributed by atoms with Crippen LogP contribution in [0.4, 0.5) is 0 Å². The fourth-order valence-corrected chi connectivity index (χ4v) is 2.66. The molecule has 0 unspecified atom stereocenters. The van der Waals surface area contributed by atoms with Crippen LogP contribution in [0.15, 0.2) is 54.7 Å². The summed E-state index contributed by atoms with van der Waals surface area (Å²) in [5, 5.41) is 3.89. The van der Waals surface area contributed by atoms with Crippen LogP contribution in [-0.4, -0.2) is 16.7 Å². The molecule has 0 fully saturated rings. The van der Waals surface area contributed by atoms with Crippen molar-refractivity contribution in [3.8, 4) is 0 Å². The molecule has 4 nitrogen and oxygen atoms in total. The van der Waals surface area contributed by atoms with Gasteiger partial charge >= 0.3 is 0 Å². The van der Waals surface area contributed by atoms with Crippen molar-refractivity contribution in [1.29, 1.82) is 0 Å². The third-order valence-electron chi connectivity index (χ3n) is 3.74. The van der Waals surface area contributed by atoms with Gasteiger partial charge in [0, 0.05) is 22.1 Å². The first-order chi connectivity index (χ1) is 11.1. The van der Waals surface area contributed by atoms with Gasteiger partial charge in [-0.1, -0.05) is 41.9 Å². The molecule has 23 heavy (non-hydrogen) atoms. The summed E-state index contributed by atoms with van der Waals surface area (Å²) in [5.74, 6) is -1.22. The number of aromatic amines is 1. The first-order valence-corrected chi connectivity index (χ1v) is 7.61. The summed E-state index contributed by atoms with van der Waals surface area (Å²) in [7, 11) is 0. The van der Waals surface area contributed by atoms with Gasteiger partial charge in [-0.15, -0.1) is 0 Å². The van der Waals surface area contributed by atoms with Crippen LogP contribution in [0.3, 0.4) is 0 Å². The standard InChI is InChI=1S/C18H15ClN2O2/c1-11(12-5-3-2-4-6-12)21-18(23)17(22)15-10-20-16-8-7-13(19)9-14(15)16/h2-11,20H,1H3,(H,21,23)/t11-/m0/s1. The first-order valence-electron chi connectivity index (χ1n) is 7.23. The van der Waals surface area contributed by atoms with Gasteiger partial charge in [0.1, 0.15) is 0 Å². The molecule has 0 saturated heterocycles. The number of nitrogens with one attached hydrogen (secondary N) is 2. The number of carbonyl (C=O) groups is 2. The number of ketones is 1. The fraction of sp³-hybridized carbons (Fsp3) is 0.111. The highest BCUT2D eigenvalue weighted by molar-refractivity contribution is 6.45. The Balaban J connectivity index is 1.82. The van der Waals surface area contributed by atoms with Crippen molar-refractivity contribution in [3.05, 3.63) is 70.9 Å². The summed E-state index contributed by atoms with van der Waals surface area (Å²) in [6.07, 6.45) is 1.54. The van der Waals surface area contributed by atoms with Crippen LogP contribution in [0, 0.1) is 0 Å². The summed E-state index contributed by atoms with van der Waals surface area (Å²) in [6, 6.07) is 14.4. The molecule has 1 atom stereocenters. The Morgan fingerprint density at radius 1 is 1.13 bits per heavy atom. The van der Waals surface area contributed by atoms with Crippen molar-refractivity contribution < 1.29 is 9.59 Å². The highest BCUT2D eigenvalue weighted by Gasteiger charge is 2.21. The minimum absolute atomic E-state index is 0.249. The third-order valence-corrected chi connectivity index (χ3v) is 3.98. The van der Waals surface area contributed by atoms with Gasteiger partial charge < -0.3 is 10.3 Å². The number of rotatable bonds is 4. The SMILES string of the molecule is C[C@H](NC(=O)C(=O)c1c[nH]c2ccc(Cl)cc12)c1ccccc1. The molecule has 0 aliphatic heterocycles. The van der Waals surface area contributed by atoms with Crippen molar-refractivity contribution in [2.75, 3.05) is 0 Å². The average Bonchev–Trinajstić information content (AvgIpc) is 2.97. The Hall–Kier alpha value is -2.59. The number of H-pyrrole nitrogens is 1. The van der Waals surface area contributed by atoms with Gasteiger partial charge in [-0.2, -0.15) is 0 Å². The molecule has 2 N–H and O–H groups in total. The van der Waals surface area contributed by atoms with Crippen LogP contribution < -0.4 is 5.32 Å². The maximum absolute atomic E-state index is 12.4. The number of benzene rings is 2. The van der Waals surface area contributed by atoms with Crippen LogP contribution in [0.25, 0.3) is 10.9 Å².